The van der Waals surface area contributed by atoms with Crippen LogP contribution in [0, 0.1) is 0 Å². The second kappa shape index (κ2) is 6.06. The number of H-pyrrole nitrogens is 1. The van der Waals surface area contributed by atoms with Crippen LogP contribution in [-0.4, -0.2) is 25.3 Å². The van der Waals surface area contributed by atoms with Gasteiger partial charge in [0.1, 0.15) is 12.1 Å². The summed E-state index contributed by atoms with van der Waals surface area (Å²) in [7, 11) is 0. The van der Waals surface area contributed by atoms with E-state index in [0.717, 1.165) is 11.1 Å². The second-order valence-electron chi connectivity index (χ2n) is 5.83. The van der Waals surface area contributed by atoms with Crippen LogP contribution in [0.25, 0.3) is 33.6 Å². The van der Waals surface area contributed by atoms with E-state index >= 15 is 0 Å². The van der Waals surface area contributed by atoms with Crippen molar-refractivity contribution in [2.75, 3.05) is 0 Å². The molecular weight excluding hydrogens is 350 g/mol. The van der Waals surface area contributed by atoms with Crippen LogP contribution >= 0.6 is 0 Å². The van der Waals surface area contributed by atoms with Crippen LogP contribution in [0.3, 0.4) is 0 Å². The van der Waals surface area contributed by atoms with Gasteiger partial charge >= 0.3 is 0 Å². The maximum atomic E-state index is 12.5. The van der Waals surface area contributed by atoms with Gasteiger partial charge in [-0.2, -0.15) is 9.97 Å². The normalized spacial score (nSPS) is 11.3. The van der Waals surface area contributed by atoms with Crippen molar-refractivity contribution in [3.63, 3.8) is 0 Å². The number of aromatic amines is 1. The number of hydrogen-bond acceptors (Lipinski definition) is 8. The molecule has 5 rings (SSSR count). The molecule has 1 N–H and O–H groups in total. The van der Waals surface area contributed by atoms with Crippen molar-refractivity contribution in [1.29, 1.82) is 0 Å². The first-order valence-corrected chi connectivity index (χ1v) is 8.05. The lowest BCUT2D eigenvalue weighted by molar-refractivity contribution is 0.382. The van der Waals surface area contributed by atoms with Gasteiger partial charge in [0.05, 0.1) is 29.8 Å². The highest BCUT2D eigenvalue weighted by Gasteiger charge is 2.14. The lowest BCUT2D eigenvalue weighted by Crippen LogP contribution is -2.12. The third-order valence-corrected chi connectivity index (χ3v) is 4.06. The van der Waals surface area contributed by atoms with Crippen molar-refractivity contribution < 1.29 is 13.5 Å². The summed E-state index contributed by atoms with van der Waals surface area (Å²) in [6, 6.07) is 8.90. The molecule has 0 aliphatic carbocycles. The number of fused-ring (bicyclic) bond motifs is 1. The Morgan fingerprint density at radius 2 is 2.07 bits per heavy atom. The number of nitrogens with one attached hydrogen (secondary N) is 1. The standard InChI is InChI=1S/C18H11N5O4/c24-18-12-6-10(11-8-19-26-9-11)3-4-13(12)20-15(21-18)7-16-22-17(23-27-16)14-2-1-5-25-14/h1-6,8-9H,7H2,(H,20,21,24). The largest absolute Gasteiger partial charge is 0.461 e. The summed E-state index contributed by atoms with van der Waals surface area (Å²) in [6.45, 7) is 0. The quantitative estimate of drug-likeness (QED) is 0.518. The first-order chi connectivity index (χ1) is 13.3. The molecule has 0 spiro atoms. The molecule has 0 aliphatic heterocycles. The van der Waals surface area contributed by atoms with E-state index in [1.54, 1.807) is 24.4 Å². The monoisotopic (exact) mass is 361 g/mol. The molecule has 0 fully saturated rings. The van der Waals surface area contributed by atoms with Gasteiger partial charge < -0.3 is 18.4 Å². The molecule has 9 nitrogen and oxygen atoms in total. The summed E-state index contributed by atoms with van der Waals surface area (Å²) in [4.78, 5) is 23.9. The Morgan fingerprint density at radius 1 is 1.11 bits per heavy atom. The van der Waals surface area contributed by atoms with Gasteiger partial charge in [-0.25, -0.2) is 0 Å². The van der Waals surface area contributed by atoms with Gasteiger partial charge in [0, 0.05) is 5.56 Å². The highest BCUT2D eigenvalue weighted by Crippen LogP contribution is 2.22. The zero-order valence-electron chi connectivity index (χ0n) is 13.7. The van der Waals surface area contributed by atoms with Gasteiger partial charge in [-0.05, 0) is 29.8 Å². The predicted molar refractivity (Wildman–Crippen MR) is 92.7 cm³/mol. The van der Waals surface area contributed by atoms with Crippen molar-refractivity contribution >= 4 is 10.9 Å². The van der Waals surface area contributed by atoms with E-state index in [9.17, 15) is 4.79 Å². The summed E-state index contributed by atoms with van der Waals surface area (Å²) in [6.07, 6.45) is 4.83. The van der Waals surface area contributed by atoms with Gasteiger partial charge in [0.2, 0.25) is 11.7 Å². The number of hydrogen-bond donors (Lipinski definition) is 1. The number of benzene rings is 1. The Morgan fingerprint density at radius 3 is 2.89 bits per heavy atom. The lowest BCUT2D eigenvalue weighted by atomic mass is 10.1. The van der Waals surface area contributed by atoms with Crippen LogP contribution in [0.5, 0.6) is 0 Å². The van der Waals surface area contributed by atoms with E-state index in [2.05, 4.69) is 25.3 Å². The van der Waals surface area contributed by atoms with Crippen molar-refractivity contribution in [3.8, 4) is 22.7 Å². The highest BCUT2D eigenvalue weighted by atomic mass is 16.5. The molecule has 4 heterocycles. The van der Waals surface area contributed by atoms with Crippen LogP contribution in [-0.2, 0) is 6.42 Å². The van der Waals surface area contributed by atoms with Crippen molar-refractivity contribution in [2.24, 2.45) is 0 Å². The van der Waals surface area contributed by atoms with Crippen molar-refractivity contribution in [3.05, 3.63) is 71.1 Å². The van der Waals surface area contributed by atoms with Gasteiger partial charge in [0.25, 0.3) is 5.56 Å². The Kier molecular flexibility index (Phi) is 3.42. The average Bonchev–Trinajstić information content (AvgIpc) is 3.43. The minimum atomic E-state index is -0.345. The molecule has 0 atom stereocenters. The van der Waals surface area contributed by atoms with Crippen LogP contribution in [0.1, 0.15) is 11.7 Å². The van der Waals surface area contributed by atoms with E-state index in [-0.39, 0.29) is 12.0 Å². The van der Waals surface area contributed by atoms with E-state index in [0.29, 0.717) is 34.2 Å². The van der Waals surface area contributed by atoms with Crippen LogP contribution in [0.15, 0.2) is 67.3 Å². The van der Waals surface area contributed by atoms with Crippen LogP contribution in [0.2, 0.25) is 0 Å². The van der Waals surface area contributed by atoms with Gasteiger partial charge in [0.15, 0.2) is 5.76 Å². The topological polar surface area (TPSA) is 124 Å². The fraction of sp³-hybridized carbons (Fsp3) is 0.0556. The minimum absolute atomic E-state index is 0.201. The third kappa shape index (κ3) is 2.80. The molecule has 5 aromatic rings. The number of rotatable bonds is 4. The maximum absolute atomic E-state index is 12.5. The number of furan rings is 1. The molecule has 27 heavy (non-hydrogen) atoms. The fourth-order valence-corrected chi connectivity index (χ4v) is 2.78. The SMILES string of the molecule is O=c1nc(Cc2nc(-c3ccco3)no2)[nH]c2ccc(-c3cnoc3)cc12. The summed E-state index contributed by atoms with van der Waals surface area (Å²) in [5, 5.41) is 8.01. The third-order valence-electron chi connectivity index (χ3n) is 4.06. The number of nitrogens with zero attached hydrogens (tertiary/aromatic N) is 4. The lowest BCUT2D eigenvalue weighted by Gasteiger charge is -2.03. The Labute approximate surface area is 150 Å². The molecule has 1 aromatic carbocycles. The average molecular weight is 361 g/mol. The summed E-state index contributed by atoms with van der Waals surface area (Å²) >= 11 is 0. The summed E-state index contributed by atoms with van der Waals surface area (Å²) in [5.74, 6) is 1.60. The highest BCUT2D eigenvalue weighted by molar-refractivity contribution is 5.83. The second-order valence-corrected chi connectivity index (χ2v) is 5.83. The molecule has 132 valence electrons. The predicted octanol–water partition coefficient (Wildman–Crippen LogP) is 2.81. The molecule has 0 saturated heterocycles. The first-order valence-electron chi connectivity index (χ1n) is 8.05. The molecule has 0 saturated carbocycles. The van der Waals surface area contributed by atoms with E-state index < -0.39 is 0 Å². The molecule has 0 unspecified atom stereocenters. The van der Waals surface area contributed by atoms with Gasteiger partial charge in [-0.1, -0.05) is 16.4 Å². The minimum Gasteiger partial charge on any atom is -0.461 e. The maximum Gasteiger partial charge on any atom is 0.280 e. The smallest absolute Gasteiger partial charge is 0.280 e. The molecular formula is C18H11N5O4. The molecule has 9 heteroatoms. The number of aromatic nitrogens is 5. The molecule has 4 aromatic heterocycles. The molecule has 0 aliphatic rings. The zero-order valence-corrected chi connectivity index (χ0v) is 13.7. The molecule has 0 bridgehead atoms. The van der Waals surface area contributed by atoms with E-state index in [1.807, 2.05) is 12.1 Å². The van der Waals surface area contributed by atoms with Crippen LogP contribution in [0.4, 0.5) is 0 Å². The van der Waals surface area contributed by atoms with E-state index in [1.165, 1.54) is 12.5 Å². The van der Waals surface area contributed by atoms with E-state index in [4.69, 9.17) is 13.5 Å². The fourth-order valence-electron chi connectivity index (χ4n) is 2.78. The van der Waals surface area contributed by atoms with Crippen LogP contribution < -0.4 is 5.56 Å². The zero-order chi connectivity index (χ0) is 18.2. The Hall–Kier alpha value is -4.01. The molecule has 0 radical (unpaired) electrons. The Balaban J connectivity index is 1.48. The first kappa shape index (κ1) is 15.3. The van der Waals surface area contributed by atoms with Gasteiger partial charge in [-0.15, -0.1) is 0 Å². The van der Waals surface area contributed by atoms with Crippen molar-refractivity contribution in [1.82, 2.24) is 25.3 Å². The summed E-state index contributed by atoms with van der Waals surface area (Å²) < 4.78 is 15.3. The van der Waals surface area contributed by atoms with Gasteiger partial charge in [-0.3, -0.25) is 4.79 Å². The summed E-state index contributed by atoms with van der Waals surface area (Å²) in [5.41, 5.74) is 1.93. The molecule has 0 amide bonds. The van der Waals surface area contributed by atoms with Crippen molar-refractivity contribution in [2.45, 2.75) is 6.42 Å². The Bertz CT molecular complexity index is 1270.